The lowest BCUT2D eigenvalue weighted by atomic mass is 10.2. The molecule has 0 fully saturated rings. The molecule has 0 aliphatic heterocycles. The third kappa shape index (κ3) is 1.62. The molecule has 1 radical (unpaired) electrons. The van der Waals surface area contributed by atoms with Crippen LogP contribution < -0.4 is 4.74 Å². The number of ether oxygens (including phenoxy) is 1. The lowest BCUT2D eigenvalue weighted by Crippen LogP contribution is -1.86. The molecule has 11 heavy (non-hydrogen) atoms. The van der Waals surface area contributed by atoms with Crippen molar-refractivity contribution in [1.29, 1.82) is 0 Å². The van der Waals surface area contributed by atoms with E-state index in [1.54, 1.807) is 12.1 Å². The van der Waals surface area contributed by atoms with E-state index in [0.29, 0.717) is 11.3 Å². The standard InChI is InChI=1S/C8H9O3/c1-11-7-3-2-6(5-9)8(10)4-7/h2-4,9H,5H2,1H3. The Morgan fingerprint density at radius 1 is 1.55 bits per heavy atom. The summed E-state index contributed by atoms with van der Waals surface area (Å²) >= 11 is 0. The molecule has 1 aromatic carbocycles. The van der Waals surface area contributed by atoms with Crippen LogP contribution in [-0.2, 0) is 11.7 Å². The molecule has 0 aromatic heterocycles. The SMILES string of the molecule is COc1ccc(CO)c([O])c1. The first-order valence-corrected chi connectivity index (χ1v) is 3.22. The van der Waals surface area contributed by atoms with Crippen LogP contribution >= 0.6 is 0 Å². The third-order valence-corrected chi connectivity index (χ3v) is 1.44. The van der Waals surface area contributed by atoms with Crippen molar-refractivity contribution in [1.82, 2.24) is 0 Å². The molecule has 0 spiro atoms. The Kier molecular flexibility index (Phi) is 2.33. The molecule has 59 valence electrons. The van der Waals surface area contributed by atoms with Gasteiger partial charge in [-0.2, -0.15) is 0 Å². The summed E-state index contributed by atoms with van der Waals surface area (Å²) in [6, 6.07) is 4.56. The molecule has 3 nitrogen and oxygen atoms in total. The molecule has 0 saturated carbocycles. The zero-order valence-electron chi connectivity index (χ0n) is 6.20. The number of hydrogen-bond acceptors (Lipinski definition) is 2. The maximum Gasteiger partial charge on any atom is 0.187 e. The second-order valence-electron chi connectivity index (χ2n) is 2.13. The lowest BCUT2D eigenvalue weighted by molar-refractivity contribution is 0.265. The fourth-order valence-corrected chi connectivity index (χ4v) is 0.792. The van der Waals surface area contributed by atoms with Crippen molar-refractivity contribution >= 4 is 0 Å². The zero-order chi connectivity index (χ0) is 8.27. The van der Waals surface area contributed by atoms with Crippen LogP contribution in [0.5, 0.6) is 11.5 Å². The quantitative estimate of drug-likeness (QED) is 0.696. The van der Waals surface area contributed by atoms with Crippen LogP contribution in [0.2, 0.25) is 0 Å². The van der Waals surface area contributed by atoms with Gasteiger partial charge in [0.05, 0.1) is 13.7 Å². The van der Waals surface area contributed by atoms with E-state index >= 15 is 0 Å². The van der Waals surface area contributed by atoms with Gasteiger partial charge in [0.15, 0.2) is 5.75 Å². The molecule has 0 heterocycles. The lowest BCUT2D eigenvalue weighted by Gasteiger charge is -2.01. The summed E-state index contributed by atoms with van der Waals surface area (Å²) in [7, 11) is 1.49. The molecule has 0 atom stereocenters. The van der Waals surface area contributed by atoms with Crippen LogP contribution in [0, 0.1) is 0 Å². The summed E-state index contributed by atoms with van der Waals surface area (Å²) in [5.41, 5.74) is 0.394. The summed E-state index contributed by atoms with van der Waals surface area (Å²) in [6.07, 6.45) is 0. The van der Waals surface area contributed by atoms with Gasteiger partial charge in [-0.3, -0.25) is 5.11 Å². The molecule has 0 bridgehead atoms. The molecular weight excluding hydrogens is 144 g/mol. The van der Waals surface area contributed by atoms with Crippen molar-refractivity contribution < 1.29 is 14.9 Å². The second kappa shape index (κ2) is 3.25. The molecule has 0 saturated heterocycles. The van der Waals surface area contributed by atoms with E-state index in [1.165, 1.54) is 13.2 Å². The highest BCUT2D eigenvalue weighted by molar-refractivity contribution is 5.38. The first-order chi connectivity index (χ1) is 5.27. The maximum absolute atomic E-state index is 11.0. The molecule has 0 amide bonds. The first kappa shape index (κ1) is 7.88. The van der Waals surface area contributed by atoms with E-state index in [1.807, 2.05) is 0 Å². The average molecular weight is 153 g/mol. The van der Waals surface area contributed by atoms with Gasteiger partial charge in [-0.25, -0.2) is 0 Å². The summed E-state index contributed by atoms with van der Waals surface area (Å²) < 4.78 is 4.81. The van der Waals surface area contributed by atoms with E-state index in [4.69, 9.17) is 9.84 Å². The van der Waals surface area contributed by atoms with Crippen molar-refractivity contribution in [2.45, 2.75) is 6.61 Å². The predicted octanol–water partition coefficient (Wildman–Crippen LogP) is 1.33. The minimum absolute atomic E-state index is 0.188. The highest BCUT2D eigenvalue weighted by Gasteiger charge is 2.02. The molecule has 0 aliphatic rings. The van der Waals surface area contributed by atoms with Gasteiger partial charge in [-0.15, -0.1) is 0 Å². The average Bonchev–Trinajstić information content (AvgIpc) is 2.04. The van der Waals surface area contributed by atoms with Crippen molar-refractivity contribution in [2.24, 2.45) is 0 Å². The first-order valence-electron chi connectivity index (χ1n) is 3.22. The van der Waals surface area contributed by atoms with E-state index in [2.05, 4.69) is 0 Å². The summed E-state index contributed by atoms with van der Waals surface area (Å²) in [5.74, 6) is 0.332. The summed E-state index contributed by atoms with van der Waals surface area (Å²) in [4.78, 5) is 0. The highest BCUT2D eigenvalue weighted by atomic mass is 16.5. The Balaban J connectivity index is 2.99. The number of hydrogen-bond donors (Lipinski definition) is 1. The summed E-state index contributed by atoms with van der Waals surface area (Å²) in [5, 5.41) is 19.6. The molecule has 0 aliphatic carbocycles. The fraction of sp³-hybridized carbons (Fsp3) is 0.250. The van der Waals surface area contributed by atoms with Crippen LogP contribution in [0.15, 0.2) is 18.2 Å². The third-order valence-electron chi connectivity index (χ3n) is 1.44. The number of aliphatic hydroxyl groups excluding tert-OH is 1. The van der Waals surface area contributed by atoms with E-state index in [9.17, 15) is 5.11 Å². The molecule has 1 N–H and O–H groups in total. The number of rotatable bonds is 2. The van der Waals surface area contributed by atoms with Crippen LogP contribution in [-0.4, -0.2) is 12.2 Å². The van der Waals surface area contributed by atoms with Gasteiger partial charge in [0.1, 0.15) is 5.75 Å². The predicted molar refractivity (Wildman–Crippen MR) is 39.0 cm³/mol. The van der Waals surface area contributed by atoms with Gasteiger partial charge in [0, 0.05) is 11.6 Å². The van der Waals surface area contributed by atoms with Crippen molar-refractivity contribution in [2.75, 3.05) is 7.11 Å². The Morgan fingerprint density at radius 2 is 2.27 bits per heavy atom. The fourth-order valence-electron chi connectivity index (χ4n) is 0.792. The molecule has 0 unspecified atom stereocenters. The van der Waals surface area contributed by atoms with E-state index < -0.39 is 0 Å². The molecule has 1 aromatic rings. The topological polar surface area (TPSA) is 49.4 Å². The van der Waals surface area contributed by atoms with Gasteiger partial charge < -0.3 is 9.84 Å². The monoisotopic (exact) mass is 153 g/mol. The molecule has 1 rings (SSSR count). The Bertz CT molecular complexity index is 245. The van der Waals surface area contributed by atoms with Crippen molar-refractivity contribution in [3.05, 3.63) is 23.8 Å². The molecule has 3 heteroatoms. The Labute approximate surface area is 64.9 Å². The molecular formula is C8H9O3. The second-order valence-corrected chi connectivity index (χ2v) is 2.13. The van der Waals surface area contributed by atoms with Crippen LogP contribution in [0.1, 0.15) is 5.56 Å². The van der Waals surface area contributed by atoms with Gasteiger partial charge in [0.2, 0.25) is 0 Å². The maximum atomic E-state index is 11.0. The van der Waals surface area contributed by atoms with E-state index in [0.717, 1.165) is 0 Å². The van der Waals surface area contributed by atoms with Gasteiger partial charge >= 0.3 is 0 Å². The Hall–Kier alpha value is -1.22. The minimum atomic E-state index is -0.219. The van der Waals surface area contributed by atoms with Crippen molar-refractivity contribution in [3.8, 4) is 11.5 Å². The van der Waals surface area contributed by atoms with E-state index in [-0.39, 0.29) is 12.4 Å². The smallest absolute Gasteiger partial charge is 0.187 e. The Morgan fingerprint density at radius 3 is 2.73 bits per heavy atom. The zero-order valence-corrected chi connectivity index (χ0v) is 6.20. The largest absolute Gasteiger partial charge is 0.497 e. The number of aliphatic hydroxyl groups is 1. The van der Waals surface area contributed by atoms with Crippen LogP contribution in [0.25, 0.3) is 0 Å². The van der Waals surface area contributed by atoms with Crippen LogP contribution in [0.3, 0.4) is 0 Å². The van der Waals surface area contributed by atoms with Crippen molar-refractivity contribution in [3.63, 3.8) is 0 Å². The van der Waals surface area contributed by atoms with Gasteiger partial charge in [-0.1, -0.05) is 0 Å². The summed E-state index contributed by atoms with van der Waals surface area (Å²) in [6.45, 7) is -0.219. The van der Waals surface area contributed by atoms with Gasteiger partial charge in [0.25, 0.3) is 0 Å². The number of benzene rings is 1. The number of methoxy groups -OCH3 is 1. The van der Waals surface area contributed by atoms with Gasteiger partial charge in [-0.05, 0) is 12.1 Å². The normalized spacial score (nSPS) is 9.64. The van der Waals surface area contributed by atoms with Crippen LogP contribution in [0.4, 0.5) is 0 Å². The minimum Gasteiger partial charge on any atom is -0.497 e. The highest BCUT2D eigenvalue weighted by Crippen LogP contribution is 2.23.